The van der Waals surface area contributed by atoms with Crippen molar-refractivity contribution in [3.05, 3.63) is 54.0 Å². The molecule has 0 radical (unpaired) electrons. The van der Waals surface area contributed by atoms with Crippen molar-refractivity contribution in [3.63, 3.8) is 0 Å². The number of fused-ring (bicyclic) bond motifs is 1. The van der Waals surface area contributed by atoms with E-state index in [1.165, 1.54) is 0 Å². The number of aromatic hydroxyl groups is 1. The first-order valence-electron chi connectivity index (χ1n) is 7.00. The van der Waals surface area contributed by atoms with E-state index >= 15 is 0 Å². The number of ether oxygens (including phenoxy) is 1. The van der Waals surface area contributed by atoms with Gasteiger partial charge in [-0.2, -0.15) is 0 Å². The van der Waals surface area contributed by atoms with Gasteiger partial charge >= 0.3 is 129 Å². The zero-order valence-electron chi connectivity index (χ0n) is 12.5. The molecule has 0 atom stereocenters. The number of phenols is 1. The molecule has 1 heterocycles. The molecular formula is C18H15BO3. The zero-order chi connectivity index (χ0) is 15.7. The summed E-state index contributed by atoms with van der Waals surface area (Å²) in [6.45, 7) is 3.44. The predicted octanol–water partition coefficient (Wildman–Crippen LogP) is 3.76. The molecule has 108 valence electrons. The maximum atomic E-state index is 11.8. The van der Waals surface area contributed by atoms with E-state index in [0.29, 0.717) is 5.46 Å². The molecule has 3 nitrogen and oxygen atoms in total. The number of Topliss-reactive ketones (excluding diaryl/α,β-unsaturated/α-hetero) is 1. The first-order chi connectivity index (χ1) is 10.6. The summed E-state index contributed by atoms with van der Waals surface area (Å²) in [6.07, 6.45) is 0. The van der Waals surface area contributed by atoms with Crippen molar-refractivity contribution >= 4 is 23.4 Å². The number of hydrogen-bond acceptors (Lipinski definition) is 3. The number of methoxy groups -OCH3 is 1. The maximum absolute atomic E-state index is 11.8. The van der Waals surface area contributed by atoms with Gasteiger partial charge in [-0.15, -0.1) is 0 Å². The summed E-state index contributed by atoms with van der Waals surface area (Å²) in [5, 5.41) is 11.4. The molecule has 0 amide bonds. The van der Waals surface area contributed by atoms with Crippen LogP contribution in [0.25, 0.3) is 21.8 Å². The normalized spacial score (nSPS) is 10.5. The fourth-order valence-corrected chi connectivity index (χ4v) is 2.56. The van der Waals surface area contributed by atoms with Crippen LogP contribution in [-0.4, -0.2) is 24.9 Å². The number of rotatable bonds is 3. The molecule has 2 aromatic carbocycles. The second kappa shape index (κ2) is 5.64. The second-order valence-electron chi connectivity index (χ2n) is 5.21. The molecule has 1 N–H and O–H groups in total. The minimum atomic E-state index is 0.0183. The molecule has 0 saturated carbocycles. The van der Waals surface area contributed by atoms with Crippen LogP contribution in [-0.2, 0) is 0 Å². The van der Waals surface area contributed by atoms with E-state index in [1.54, 1.807) is 26.2 Å². The van der Waals surface area contributed by atoms with Crippen LogP contribution in [0.2, 0.25) is 0 Å². The summed E-state index contributed by atoms with van der Waals surface area (Å²) >= 11 is 0. The van der Waals surface area contributed by atoms with E-state index in [2.05, 4.69) is 0 Å². The third kappa shape index (κ3) is 2.60. The molecule has 0 bridgehead atoms. The van der Waals surface area contributed by atoms with Crippen LogP contribution < -0.4 is 4.74 Å². The van der Waals surface area contributed by atoms with Gasteiger partial charge in [-0.1, -0.05) is 0 Å². The second-order valence-corrected chi connectivity index (χ2v) is 5.21. The third-order valence-electron chi connectivity index (χ3n) is 3.74. The average molecular weight is 290 g/mol. The SMILES string of the molecule is COc1ccc2c(-c3ccc(O)cc3)cc(C(C)=O)bc2c1. The van der Waals surface area contributed by atoms with Crippen LogP contribution in [0.4, 0.5) is 0 Å². The molecule has 0 aliphatic carbocycles. The number of ketones is 1. The minimum absolute atomic E-state index is 0.0183. The van der Waals surface area contributed by atoms with Crippen LogP contribution in [0, 0.1) is 0 Å². The van der Waals surface area contributed by atoms with Crippen LogP contribution in [0.1, 0.15) is 17.2 Å². The van der Waals surface area contributed by atoms with Crippen LogP contribution >= 0.6 is 0 Å². The predicted molar refractivity (Wildman–Crippen MR) is 89.0 cm³/mol. The summed E-state index contributed by atoms with van der Waals surface area (Å²) in [5.74, 6) is 0.993. The molecule has 0 spiro atoms. The van der Waals surface area contributed by atoms with Gasteiger partial charge in [0.25, 0.3) is 0 Å². The quantitative estimate of drug-likeness (QED) is 0.747. The fourth-order valence-electron chi connectivity index (χ4n) is 2.56. The molecule has 0 aliphatic heterocycles. The van der Waals surface area contributed by atoms with E-state index < -0.39 is 0 Å². The van der Waals surface area contributed by atoms with E-state index in [9.17, 15) is 9.90 Å². The van der Waals surface area contributed by atoms with Crippen molar-refractivity contribution in [1.82, 2.24) is 0 Å². The van der Waals surface area contributed by atoms with E-state index in [0.717, 1.165) is 27.5 Å². The van der Waals surface area contributed by atoms with Gasteiger partial charge in [0.15, 0.2) is 0 Å². The third-order valence-corrected chi connectivity index (χ3v) is 3.74. The molecule has 0 unspecified atom stereocenters. The van der Waals surface area contributed by atoms with Crippen LogP contribution in [0.3, 0.4) is 0 Å². The molecule has 0 fully saturated rings. The first kappa shape index (κ1) is 14.3. The molecule has 0 aliphatic rings. The molecule has 1 aromatic heterocycles. The summed E-state index contributed by atoms with van der Waals surface area (Å²) in [4.78, 5) is 11.8. The van der Waals surface area contributed by atoms with Crippen molar-refractivity contribution < 1.29 is 14.6 Å². The number of benzene rings is 2. The number of hydrogen-bond donors (Lipinski definition) is 1. The Morgan fingerprint density at radius 1 is 1.09 bits per heavy atom. The van der Waals surface area contributed by atoms with E-state index in [-0.39, 0.29) is 11.5 Å². The summed E-state index contributed by atoms with van der Waals surface area (Å²) < 4.78 is 5.27. The topological polar surface area (TPSA) is 46.5 Å². The average Bonchev–Trinajstić information content (AvgIpc) is 2.54. The van der Waals surface area contributed by atoms with Crippen molar-refractivity contribution in [2.75, 3.05) is 7.11 Å². The Kier molecular flexibility index (Phi) is 3.67. The Balaban J connectivity index is 2.31. The van der Waals surface area contributed by atoms with Gasteiger partial charge in [-0.3, -0.25) is 0 Å². The standard InChI is InChI=1S/C18H15BO3/c1-11(20)17-10-16(12-3-5-13(21)6-4-12)15-8-7-14(22-2)9-18(15)19-17/h3-10,21H,1-2H3. The number of phenolic OH excluding ortho intramolecular Hbond substituents is 1. The van der Waals surface area contributed by atoms with Crippen LogP contribution in [0.5, 0.6) is 11.5 Å². The summed E-state index contributed by atoms with van der Waals surface area (Å²) in [5.41, 5.74) is 2.57. The Labute approximate surface area is 129 Å². The first-order valence-corrected chi connectivity index (χ1v) is 7.00. The van der Waals surface area contributed by atoms with E-state index in [1.807, 2.05) is 43.3 Å². The molecular weight excluding hydrogens is 275 g/mol. The molecule has 3 aromatic rings. The van der Waals surface area contributed by atoms with Gasteiger partial charge in [-0.05, 0) is 0 Å². The van der Waals surface area contributed by atoms with Crippen molar-refractivity contribution in [3.8, 4) is 22.6 Å². The van der Waals surface area contributed by atoms with Gasteiger partial charge in [0.05, 0.1) is 0 Å². The molecule has 4 heteroatoms. The summed E-state index contributed by atoms with van der Waals surface area (Å²) in [6, 6.07) is 14.7. The number of carbonyl (C=O) groups excluding carboxylic acids is 1. The van der Waals surface area contributed by atoms with Gasteiger partial charge < -0.3 is 0 Å². The molecule has 22 heavy (non-hydrogen) atoms. The Morgan fingerprint density at radius 3 is 2.45 bits per heavy atom. The monoisotopic (exact) mass is 290 g/mol. The van der Waals surface area contributed by atoms with Crippen molar-refractivity contribution in [2.45, 2.75) is 6.92 Å². The van der Waals surface area contributed by atoms with Gasteiger partial charge in [0, 0.05) is 0 Å². The van der Waals surface area contributed by atoms with Gasteiger partial charge in [0.2, 0.25) is 0 Å². The molecule has 3 rings (SSSR count). The Hall–Kier alpha value is -2.62. The Bertz CT molecular complexity index is 854. The van der Waals surface area contributed by atoms with Gasteiger partial charge in [-0.25, -0.2) is 0 Å². The Morgan fingerprint density at radius 2 is 1.82 bits per heavy atom. The van der Waals surface area contributed by atoms with Crippen molar-refractivity contribution in [1.29, 1.82) is 0 Å². The van der Waals surface area contributed by atoms with Gasteiger partial charge in [0.1, 0.15) is 0 Å². The fraction of sp³-hybridized carbons (Fsp3) is 0.111. The van der Waals surface area contributed by atoms with Crippen LogP contribution in [0.15, 0.2) is 48.5 Å². The van der Waals surface area contributed by atoms with E-state index in [4.69, 9.17) is 4.74 Å². The zero-order valence-corrected chi connectivity index (χ0v) is 12.5. The van der Waals surface area contributed by atoms with Crippen molar-refractivity contribution in [2.24, 2.45) is 0 Å². The number of carbonyl (C=O) groups is 1. The molecule has 0 saturated heterocycles. The summed E-state index contributed by atoms with van der Waals surface area (Å²) in [7, 11) is 1.62.